The summed E-state index contributed by atoms with van der Waals surface area (Å²) in [7, 11) is 0. The van der Waals surface area contributed by atoms with Gasteiger partial charge in [-0.05, 0) is 42.7 Å². The van der Waals surface area contributed by atoms with Crippen molar-refractivity contribution >= 4 is 45.9 Å². The van der Waals surface area contributed by atoms with Gasteiger partial charge in [0.15, 0.2) is 0 Å². The van der Waals surface area contributed by atoms with Crippen molar-refractivity contribution in [3.05, 3.63) is 93.8 Å². The first kappa shape index (κ1) is 18.9. The number of hydrogen-bond acceptors (Lipinski definition) is 3. The minimum atomic E-state index is -0.321. The van der Waals surface area contributed by atoms with Crippen LogP contribution < -0.4 is 10.6 Å². The minimum absolute atomic E-state index is 0.187. The van der Waals surface area contributed by atoms with Crippen LogP contribution in [0.5, 0.6) is 0 Å². The number of pyridine rings is 1. The van der Waals surface area contributed by atoms with Crippen LogP contribution in [0.2, 0.25) is 5.02 Å². The summed E-state index contributed by atoms with van der Waals surface area (Å²) < 4.78 is 1.65. The quantitative estimate of drug-likeness (QED) is 0.470. The summed E-state index contributed by atoms with van der Waals surface area (Å²) in [5.41, 5.74) is 2.45. The Balaban J connectivity index is 1.84. The van der Waals surface area contributed by atoms with E-state index in [1.165, 1.54) is 5.01 Å². The van der Waals surface area contributed by atoms with Crippen molar-refractivity contribution < 1.29 is 4.79 Å². The summed E-state index contributed by atoms with van der Waals surface area (Å²) >= 11 is 6.23. The Morgan fingerprint density at radius 2 is 1.83 bits per heavy atom. The molecule has 1 aliphatic rings. The largest absolute Gasteiger partial charge is 0.304 e. The van der Waals surface area contributed by atoms with Gasteiger partial charge >= 0.3 is 0 Å². The molecule has 0 saturated carbocycles. The number of anilines is 1. The van der Waals surface area contributed by atoms with E-state index < -0.39 is 0 Å². The van der Waals surface area contributed by atoms with Crippen LogP contribution in [0.1, 0.15) is 12.5 Å². The van der Waals surface area contributed by atoms with Crippen molar-refractivity contribution in [2.75, 3.05) is 5.01 Å². The molecule has 0 bridgehead atoms. The van der Waals surface area contributed by atoms with E-state index in [9.17, 15) is 9.59 Å². The molecule has 2 aromatic carbocycles. The fourth-order valence-corrected chi connectivity index (χ4v) is 3.61. The van der Waals surface area contributed by atoms with Gasteiger partial charge in [0.05, 0.1) is 27.5 Å². The molecule has 0 saturated heterocycles. The summed E-state index contributed by atoms with van der Waals surface area (Å²) in [5, 5.41) is 6.96. The number of allylic oxidation sites excluding steroid dienone is 1. The zero-order valence-corrected chi connectivity index (χ0v) is 16.6. The van der Waals surface area contributed by atoms with Crippen LogP contribution in [0.25, 0.3) is 17.0 Å². The van der Waals surface area contributed by atoms with Crippen LogP contribution in [0, 0.1) is 0 Å². The second-order valence-corrected chi connectivity index (χ2v) is 7.08. The Labute approximate surface area is 172 Å². The van der Waals surface area contributed by atoms with E-state index in [-0.39, 0.29) is 11.5 Å². The fourth-order valence-electron chi connectivity index (χ4n) is 3.39. The summed E-state index contributed by atoms with van der Waals surface area (Å²) in [5.74, 6) is -0.321. The normalized spacial score (nSPS) is 15.2. The lowest BCUT2D eigenvalue weighted by molar-refractivity contribution is -0.114. The highest BCUT2D eigenvalue weighted by atomic mass is 35.5. The third-order valence-corrected chi connectivity index (χ3v) is 5.10. The standard InChI is InChI=1S/C23H18ClN3O2/c1-3-12-26-20-10-6-4-8-16(20)13-17(22(26)28)14-18-15(2)25-27(23(18)29)21-11-7-5-9-19(21)24/h3-11,13-14H,1,12H2,2H3/b18-14-. The molecule has 29 heavy (non-hydrogen) atoms. The zero-order valence-electron chi connectivity index (χ0n) is 15.8. The van der Waals surface area contributed by atoms with Gasteiger partial charge in [-0.15, -0.1) is 6.58 Å². The van der Waals surface area contributed by atoms with Crippen molar-refractivity contribution in [1.82, 2.24) is 4.57 Å². The molecule has 144 valence electrons. The number of hydrazone groups is 1. The fraction of sp³-hybridized carbons (Fsp3) is 0.0870. The number of halogens is 1. The highest BCUT2D eigenvalue weighted by Gasteiger charge is 2.30. The Hall–Kier alpha value is -3.44. The number of carbonyl (C=O) groups excluding carboxylic acids is 1. The molecule has 0 unspecified atom stereocenters. The molecular weight excluding hydrogens is 386 g/mol. The second-order valence-electron chi connectivity index (χ2n) is 6.67. The molecule has 5 nitrogen and oxygen atoms in total. The molecule has 4 rings (SSSR count). The lowest BCUT2D eigenvalue weighted by Gasteiger charge is -2.13. The summed E-state index contributed by atoms with van der Waals surface area (Å²) in [6, 6.07) is 16.4. The van der Waals surface area contributed by atoms with Crippen LogP contribution in [0.15, 0.2) is 82.7 Å². The average Bonchev–Trinajstić information content (AvgIpc) is 2.99. The molecule has 0 N–H and O–H groups in total. The molecule has 1 aromatic heterocycles. The Kier molecular flexibility index (Phi) is 4.91. The molecule has 0 spiro atoms. The first-order valence-electron chi connectivity index (χ1n) is 9.11. The predicted octanol–water partition coefficient (Wildman–Crippen LogP) is 4.65. The van der Waals surface area contributed by atoms with Gasteiger partial charge in [0.25, 0.3) is 11.5 Å². The Morgan fingerprint density at radius 1 is 1.10 bits per heavy atom. The smallest absolute Gasteiger partial charge is 0.280 e. The van der Waals surface area contributed by atoms with Crippen LogP contribution in [0.3, 0.4) is 0 Å². The average molecular weight is 404 g/mol. The number of nitrogens with zero attached hydrogens (tertiary/aromatic N) is 3. The highest BCUT2D eigenvalue weighted by Crippen LogP contribution is 2.30. The number of hydrogen-bond donors (Lipinski definition) is 0. The van der Waals surface area contributed by atoms with Gasteiger partial charge in [-0.2, -0.15) is 10.1 Å². The van der Waals surface area contributed by atoms with Crippen molar-refractivity contribution in [2.24, 2.45) is 5.10 Å². The maximum absolute atomic E-state index is 13.1. The third kappa shape index (κ3) is 3.30. The maximum Gasteiger partial charge on any atom is 0.280 e. The van der Waals surface area contributed by atoms with E-state index in [2.05, 4.69) is 11.7 Å². The van der Waals surface area contributed by atoms with E-state index in [1.807, 2.05) is 24.3 Å². The van der Waals surface area contributed by atoms with Gasteiger partial charge in [0.1, 0.15) is 0 Å². The summed E-state index contributed by atoms with van der Waals surface area (Å²) in [6.45, 7) is 5.86. The zero-order chi connectivity index (χ0) is 20.5. The van der Waals surface area contributed by atoms with Gasteiger partial charge in [-0.3, -0.25) is 9.59 Å². The van der Waals surface area contributed by atoms with Crippen LogP contribution in [-0.2, 0) is 11.3 Å². The number of fused-ring (bicyclic) bond motifs is 1. The Morgan fingerprint density at radius 3 is 2.59 bits per heavy atom. The summed E-state index contributed by atoms with van der Waals surface area (Å²) in [4.78, 5) is 26.1. The van der Waals surface area contributed by atoms with Crippen LogP contribution in [0.4, 0.5) is 5.69 Å². The second kappa shape index (κ2) is 7.53. The van der Waals surface area contributed by atoms with Crippen molar-refractivity contribution in [1.29, 1.82) is 0 Å². The minimum Gasteiger partial charge on any atom is -0.304 e. The van der Waals surface area contributed by atoms with Gasteiger partial charge in [0.2, 0.25) is 0 Å². The molecule has 3 aromatic rings. The van der Waals surface area contributed by atoms with E-state index in [0.29, 0.717) is 34.1 Å². The first-order chi connectivity index (χ1) is 14.0. The molecule has 0 aliphatic carbocycles. The maximum atomic E-state index is 13.1. The van der Waals surface area contributed by atoms with E-state index in [1.54, 1.807) is 54.0 Å². The molecule has 0 atom stereocenters. The monoisotopic (exact) mass is 403 g/mol. The SMILES string of the molecule is C=CCn1c(=O)c(/C=C2\C(=O)N(c3ccccc3Cl)N=C2C)cc2ccccc21. The Bertz CT molecular complexity index is 1270. The molecule has 0 fully saturated rings. The van der Waals surface area contributed by atoms with E-state index in [0.717, 1.165) is 10.9 Å². The number of carbonyl (C=O) groups is 1. The molecule has 0 radical (unpaired) electrons. The highest BCUT2D eigenvalue weighted by molar-refractivity contribution is 6.37. The van der Waals surface area contributed by atoms with E-state index in [4.69, 9.17) is 11.6 Å². The first-order valence-corrected chi connectivity index (χ1v) is 9.49. The molecule has 6 heteroatoms. The number of para-hydroxylation sites is 2. The van der Waals surface area contributed by atoms with Crippen molar-refractivity contribution in [3.63, 3.8) is 0 Å². The summed E-state index contributed by atoms with van der Waals surface area (Å²) in [6.07, 6.45) is 3.28. The molecule has 1 aliphatic heterocycles. The number of amides is 1. The molecule has 1 amide bonds. The predicted molar refractivity (Wildman–Crippen MR) is 118 cm³/mol. The lowest BCUT2D eigenvalue weighted by atomic mass is 10.1. The number of rotatable bonds is 4. The number of benzene rings is 2. The lowest BCUT2D eigenvalue weighted by Crippen LogP contribution is -2.24. The van der Waals surface area contributed by atoms with E-state index >= 15 is 0 Å². The molecular formula is C23H18ClN3O2. The van der Waals surface area contributed by atoms with Crippen molar-refractivity contribution in [2.45, 2.75) is 13.5 Å². The van der Waals surface area contributed by atoms with Gasteiger partial charge in [0, 0.05) is 12.1 Å². The van der Waals surface area contributed by atoms with Crippen molar-refractivity contribution in [3.8, 4) is 0 Å². The van der Waals surface area contributed by atoms with Gasteiger partial charge < -0.3 is 4.57 Å². The third-order valence-electron chi connectivity index (χ3n) is 4.79. The van der Waals surface area contributed by atoms with Gasteiger partial charge in [-0.1, -0.05) is 48.0 Å². The van der Waals surface area contributed by atoms with Gasteiger partial charge in [-0.25, -0.2) is 0 Å². The molecule has 2 heterocycles. The van der Waals surface area contributed by atoms with Crippen LogP contribution in [-0.4, -0.2) is 16.2 Å². The van der Waals surface area contributed by atoms with Crippen LogP contribution >= 0.6 is 11.6 Å². The topological polar surface area (TPSA) is 54.7 Å². The number of aromatic nitrogens is 1.